The van der Waals surface area contributed by atoms with Crippen LogP contribution in [0.3, 0.4) is 0 Å². The Morgan fingerprint density at radius 3 is 2.70 bits per heavy atom. The van der Waals surface area contributed by atoms with Gasteiger partial charge in [-0.2, -0.15) is 0 Å². The predicted octanol–water partition coefficient (Wildman–Crippen LogP) is 2.07. The average Bonchev–Trinajstić information content (AvgIpc) is 2.89. The van der Waals surface area contributed by atoms with Crippen LogP contribution in [0.5, 0.6) is 0 Å². The second-order valence-corrected chi connectivity index (χ2v) is 8.12. The van der Waals surface area contributed by atoms with Crippen LogP contribution in [-0.4, -0.2) is 25.4 Å². The summed E-state index contributed by atoms with van der Waals surface area (Å²) in [5.41, 5.74) is 1.08. The molecule has 1 aromatic carbocycles. The molecule has 1 aromatic heterocycles. The molecular formula is C15H19N3O3S2. The third kappa shape index (κ3) is 4.85. The van der Waals surface area contributed by atoms with E-state index in [1.807, 2.05) is 12.3 Å². The molecule has 1 amide bonds. The number of amides is 1. The highest BCUT2D eigenvalue weighted by Gasteiger charge is 2.17. The third-order valence-corrected chi connectivity index (χ3v) is 5.37. The molecule has 8 heteroatoms. The lowest BCUT2D eigenvalue weighted by molar-refractivity contribution is 0.0950. The summed E-state index contributed by atoms with van der Waals surface area (Å²) in [6.45, 7) is 5.68. The van der Waals surface area contributed by atoms with E-state index in [0.717, 1.165) is 10.7 Å². The van der Waals surface area contributed by atoms with Gasteiger partial charge in [-0.3, -0.25) is 4.79 Å². The van der Waals surface area contributed by atoms with Gasteiger partial charge in [-0.15, -0.1) is 11.3 Å². The zero-order chi connectivity index (χ0) is 17.0. The number of hydrogen-bond acceptors (Lipinski definition) is 5. The molecule has 0 radical (unpaired) electrons. The minimum absolute atomic E-state index is 0.0725. The van der Waals surface area contributed by atoms with E-state index in [1.54, 1.807) is 26.0 Å². The molecule has 0 aliphatic rings. The van der Waals surface area contributed by atoms with Gasteiger partial charge in [-0.1, -0.05) is 6.07 Å². The van der Waals surface area contributed by atoms with Crippen molar-refractivity contribution >= 4 is 27.3 Å². The minimum Gasteiger partial charge on any atom is -0.346 e. The topological polar surface area (TPSA) is 88.2 Å². The summed E-state index contributed by atoms with van der Waals surface area (Å²) in [6, 6.07) is 5.75. The standard InChI is InChI=1S/C15H19N3O3S2/c1-10(2)18-23(20,21)14-6-4-5-12(7-14)15(19)16-8-13-9-22-11(3)17-13/h4-7,9-10,18H,8H2,1-3H3,(H,16,19). The quantitative estimate of drug-likeness (QED) is 0.832. The molecule has 0 unspecified atom stereocenters. The lowest BCUT2D eigenvalue weighted by Crippen LogP contribution is -2.30. The van der Waals surface area contributed by atoms with Gasteiger partial charge in [0, 0.05) is 17.0 Å². The number of aryl methyl sites for hydroxylation is 1. The van der Waals surface area contributed by atoms with Crippen molar-refractivity contribution in [1.82, 2.24) is 15.0 Å². The monoisotopic (exact) mass is 353 g/mol. The van der Waals surface area contributed by atoms with Gasteiger partial charge in [0.2, 0.25) is 10.0 Å². The Morgan fingerprint density at radius 2 is 2.09 bits per heavy atom. The van der Waals surface area contributed by atoms with E-state index in [1.165, 1.54) is 23.5 Å². The first kappa shape index (κ1) is 17.6. The number of rotatable bonds is 6. The molecule has 0 bridgehead atoms. The summed E-state index contributed by atoms with van der Waals surface area (Å²) in [7, 11) is -3.62. The number of nitrogens with zero attached hydrogens (tertiary/aromatic N) is 1. The number of nitrogens with one attached hydrogen (secondary N) is 2. The molecule has 0 aliphatic heterocycles. The van der Waals surface area contributed by atoms with Crippen LogP contribution in [0.15, 0.2) is 34.5 Å². The first-order valence-corrected chi connectivity index (χ1v) is 9.46. The highest BCUT2D eigenvalue weighted by atomic mass is 32.2. The lowest BCUT2D eigenvalue weighted by Gasteiger charge is -2.10. The molecule has 2 aromatic rings. The number of aromatic nitrogens is 1. The van der Waals surface area contributed by atoms with Crippen molar-refractivity contribution in [2.24, 2.45) is 0 Å². The smallest absolute Gasteiger partial charge is 0.251 e. The molecule has 0 fully saturated rings. The van der Waals surface area contributed by atoms with Crippen molar-refractivity contribution in [2.75, 3.05) is 0 Å². The Morgan fingerprint density at radius 1 is 1.35 bits per heavy atom. The minimum atomic E-state index is -3.62. The lowest BCUT2D eigenvalue weighted by atomic mass is 10.2. The largest absolute Gasteiger partial charge is 0.346 e. The van der Waals surface area contributed by atoms with Crippen molar-refractivity contribution in [3.05, 3.63) is 45.9 Å². The fourth-order valence-corrected chi connectivity index (χ4v) is 3.85. The Kier molecular flexibility index (Phi) is 5.51. The van der Waals surface area contributed by atoms with Crippen LogP contribution in [0.4, 0.5) is 0 Å². The molecule has 2 N–H and O–H groups in total. The summed E-state index contributed by atoms with van der Waals surface area (Å²) in [4.78, 5) is 16.5. The highest BCUT2D eigenvalue weighted by molar-refractivity contribution is 7.89. The molecule has 2 rings (SSSR count). The molecule has 0 spiro atoms. The van der Waals surface area contributed by atoms with E-state index in [0.29, 0.717) is 12.1 Å². The van der Waals surface area contributed by atoms with Crippen LogP contribution in [0.1, 0.15) is 34.9 Å². The average molecular weight is 353 g/mol. The van der Waals surface area contributed by atoms with E-state index in [4.69, 9.17) is 0 Å². The molecule has 0 aliphatic carbocycles. The first-order chi connectivity index (χ1) is 10.8. The van der Waals surface area contributed by atoms with Gasteiger partial charge in [0.05, 0.1) is 22.1 Å². The van der Waals surface area contributed by atoms with Crippen molar-refractivity contribution < 1.29 is 13.2 Å². The number of carbonyl (C=O) groups is 1. The van der Waals surface area contributed by atoms with Crippen LogP contribution >= 0.6 is 11.3 Å². The van der Waals surface area contributed by atoms with Crippen LogP contribution in [0.2, 0.25) is 0 Å². The van der Waals surface area contributed by atoms with Crippen LogP contribution < -0.4 is 10.0 Å². The van der Waals surface area contributed by atoms with Crippen molar-refractivity contribution in [2.45, 2.75) is 38.3 Å². The SMILES string of the molecule is Cc1nc(CNC(=O)c2cccc(S(=O)(=O)NC(C)C)c2)cs1. The van der Waals surface area contributed by atoms with Gasteiger partial charge in [0.15, 0.2) is 0 Å². The molecule has 0 saturated heterocycles. The van der Waals surface area contributed by atoms with Gasteiger partial charge >= 0.3 is 0 Å². The van der Waals surface area contributed by atoms with E-state index in [-0.39, 0.29) is 16.8 Å². The summed E-state index contributed by atoms with van der Waals surface area (Å²) in [5, 5.41) is 5.55. The Hall–Kier alpha value is -1.77. The van der Waals surface area contributed by atoms with Gasteiger partial charge in [0.25, 0.3) is 5.91 Å². The van der Waals surface area contributed by atoms with Gasteiger partial charge < -0.3 is 5.32 Å². The summed E-state index contributed by atoms with van der Waals surface area (Å²) in [5.74, 6) is -0.336. The Balaban J connectivity index is 2.11. The fourth-order valence-electron chi connectivity index (χ4n) is 1.95. The Bertz CT molecular complexity index is 798. The number of thiazole rings is 1. The number of hydrogen-bond donors (Lipinski definition) is 2. The van der Waals surface area contributed by atoms with Crippen molar-refractivity contribution in [3.8, 4) is 0 Å². The van der Waals surface area contributed by atoms with Crippen LogP contribution in [0.25, 0.3) is 0 Å². The van der Waals surface area contributed by atoms with Gasteiger partial charge in [-0.05, 0) is 39.0 Å². The van der Waals surface area contributed by atoms with E-state index >= 15 is 0 Å². The van der Waals surface area contributed by atoms with Crippen LogP contribution in [0, 0.1) is 6.92 Å². The normalized spacial score (nSPS) is 11.7. The molecule has 6 nitrogen and oxygen atoms in total. The molecule has 1 heterocycles. The molecular weight excluding hydrogens is 334 g/mol. The maximum absolute atomic E-state index is 12.2. The van der Waals surface area contributed by atoms with E-state index < -0.39 is 10.0 Å². The summed E-state index contributed by atoms with van der Waals surface area (Å²) < 4.78 is 26.8. The van der Waals surface area contributed by atoms with Crippen molar-refractivity contribution in [3.63, 3.8) is 0 Å². The zero-order valence-corrected chi connectivity index (χ0v) is 14.8. The van der Waals surface area contributed by atoms with Gasteiger partial charge in [-0.25, -0.2) is 18.1 Å². The molecule has 0 saturated carbocycles. The number of benzene rings is 1. The summed E-state index contributed by atoms with van der Waals surface area (Å²) in [6.07, 6.45) is 0. The Labute approximate surface area is 140 Å². The molecule has 124 valence electrons. The summed E-state index contributed by atoms with van der Waals surface area (Å²) >= 11 is 1.51. The third-order valence-electron chi connectivity index (χ3n) is 2.89. The second kappa shape index (κ2) is 7.20. The molecule has 0 atom stereocenters. The highest BCUT2D eigenvalue weighted by Crippen LogP contribution is 2.13. The van der Waals surface area contributed by atoms with E-state index in [2.05, 4.69) is 15.0 Å². The van der Waals surface area contributed by atoms with Crippen LogP contribution in [-0.2, 0) is 16.6 Å². The number of carbonyl (C=O) groups excluding carboxylic acids is 1. The number of sulfonamides is 1. The predicted molar refractivity (Wildman–Crippen MR) is 89.9 cm³/mol. The fraction of sp³-hybridized carbons (Fsp3) is 0.333. The maximum atomic E-state index is 12.2. The molecule has 23 heavy (non-hydrogen) atoms. The zero-order valence-electron chi connectivity index (χ0n) is 13.2. The van der Waals surface area contributed by atoms with E-state index in [9.17, 15) is 13.2 Å². The maximum Gasteiger partial charge on any atom is 0.251 e. The van der Waals surface area contributed by atoms with Gasteiger partial charge in [0.1, 0.15) is 0 Å². The first-order valence-electron chi connectivity index (χ1n) is 7.09. The van der Waals surface area contributed by atoms with Crippen molar-refractivity contribution in [1.29, 1.82) is 0 Å². The second-order valence-electron chi connectivity index (χ2n) is 5.34.